The molecule has 1 saturated heterocycles. The van der Waals surface area contributed by atoms with Crippen molar-refractivity contribution in [2.24, 2.45) is 5.41 Å². The van der Waals surface area contributed by atoms with Gasteiger partial charge >= 0.3 is 5.97 Å². The lowest BCUT2D eigenvalue weighted by molar-refractivity contribution is -0.150. The number of morpholine rings is 1. The largest absolute Gasteiger partial charge is 0.481 e. The Labute approximate surface area is 205 Å². The Balaban J connectivity index is 1.37. The van der Waals surface area contributed by atoms with E-state index in [4.69, 9.17) is 4.74 Å². The van der Waals surface area contributed by atoms with E-state index in [-0.39, 0.29) is 17.3 Å². The quantitative estimate of drug-likeness (QED) is 0.525. The Bertz CT molecular complexity index is 1280. The third-order valence-corrected chi connectivity index (χ3v) is 7.10. The second kappa shape index (κ2) is 9.45. The van der Waals surface area contributed by atoms with Crippen LogP contribution in [-0.4, -0.2) is 67.7 Å². The Hall–Kier alpha value is -3.61. The van der Waals surface area contributed by atoms with Crippen molar-refractivity contribution in [3.8, 4) is 0 Å². The molecule has 2 aliphatic rings. The number of aromatic nitrogens is 5. The fourth-order valence-electron chi connectivity index (χ4n) is 4.75. The lowest BCUT2D eigenvalue weighted by Gasteiger charge is -2.33. The third kappa shape index (κ3) is 4.50. The van der Waals surface area contributed by atoms with Crippen molar-refractivity contribution in [2.45, 2.75) is 45.1 Å². The first-order valence-corrected chi connectivity index (χ1v) is 11.8. The SMILES string of the molecule is CC1(C(=O)O)CCC(n2cc(NC(=O)c3cnn4ccc(N5CCOCC5)nc34)c(C(F)F)n2)CC1. The molecule has 192 valence electrons. The summed E-state index contributed by atoms with van der Waals surface area (Å²) < 4.78 is 35.8. The Morgan fingerprint density at radius 1 is 1.25 bits per heavy atom. The highest BCUT2D eigenvalue weighted by molar-refractivity contribution is 6.08. The molecule has 4 heterocycles. The molecule has 0 aromatic carbocycles. The van der Waals surface area contributed by atoms with Gasteiger partial charge in [0.1, 0.15) is 11.4 Å². The van der Waals surface area contributed by atoms with Gasteiger partial charge in [-0.05, 0) is 38.7 Å². The number of amides is 1. The van der Waals surface area contributed by atoms with Crippen LogP contribution in [0.1, 0.15) is 61.1 Å². The molecule has 1 amide bonds. The first-order valence-electron chi connectivity index (χ1n) is 11.8. The van der Waals surface area contributed by atoms with Crippen molar-refractivity contribution in [3.05, 3.63) is 35.9 Å². The van der Waals surface area contributed by atoms with E-state index in [1.54, 1.807) is 19.2 Å². The summed E-state index contributed by atoms with van der Waals surface area (Å²) in [7, 11) is 0. The number of carboxylic acid groups (broad SMARTS) is 1. The maximum absolute atomic E-state index is 13.8. The number of nitrogens with zero attached hydrogens (tertiary/aromatic N) is 6. The number of ether oxygens (including phenoxy) is 1. The second-order valence-corrected chi connectivity index (χ2v) is 9.47. The fraction of sp³-hybridized carbons (Fsp3) is 0.522. The number of carbonyl (C=O) groups is 2. The number of hydrogen-bond acceptors (Lipinski definition) is 7. The maximum atomic E-state index is 13.8. The molecule has 1 aliphatic carbocycles. The van der Waals surface area contributed by atoms with E-state index in [1.165, 1.54) is 21.6 Å². The second-order valence-electron chi connectivity index (χ2n) is 9.47. The molecule has 11 nitrogen and oxygen atoms in total. The van der Waals surface area contributed by atoms with E-state index in [1.807, 2.05) is 4.90 Å². The lowest BCUT2D eigenvalue weighted by atomic mass is 9.74. The van der Waals surface area contributed by atoms with Gasteiger partial charge in [0.05, 0.1) is 36.6 Å². The van der Waals surface area contributed by atoms with Crippen LogP contribution in [0.3, 0.4) is 0 Å². The number of alkyl halides is 2. The molecule has 3 aromatic rings. The van der Waals surface area contributed by atoms with Crippen molar-refractivity contribution in [3.63, 3.8) is 0 Å². The highest BCUT2D eigenvalue weighted by atomic mass is 19.3. The maximum Gasteiger partial charge on any atom is 0.309 e. The standard InChI is InChI=1S/C23H27F2N7O4/c1-23(22(34)35)5-2-14(3-6-23)32-13-16(18(29-32)19(24)25)27-21(33)15-12-26-31-7-4-17(28-20(15)31)30-8-10-36-11-9-30/h4,7,12-14,19H,2-3,5-6,8-11H2,1H3,(H,27,33)(H,34,35). The number of fused-ring (bicyclic) bond motifs is 1. The first-order chi connectivity index (χ1) is 17.2. The predicted octanol–water partition coefficient (Wildman–Crippen LogP) is 3.16. The molecule has 0 radical (unpaired) electrons. The van der Waals surface area contributed by atoms with Crippen LogP contribution >= 0.6 is 0 Å². The van der Waals surface area contributed by atoms with Crippen LogP contribution in [0, 0.1) is 5.41 Å². The molecular weight excluding hydrogens is 476 g/mol. The van der Waals surface area contributed by atoms with Crippen LogP contribution in [0.5, 0.6) is 0 Å². The molecule has 2 N–H and O–H groups in total. The summed E-state index contributed by atoms with van der Waals surface area (Å²) in [6.45, 7) is 4.19. The van der Waals surface area contributed by atoms with Gasteiger partial charge in [-0.3, -0.25) is 14.3 Å². The van der Waals surface area contributed by atoms with Gasteiger partial charge in [0, 0.05) is 25.5 Å². The number of rotatable bonds is 6. The molecule has 1 aliphatic heterocycles. The minimum absolute atomic E-state index is 0.0924. The molecule has 0 spiro atoms. The van der Waals surface area contributed by atoms with Gasteiger partial charge in [-0.2, -0.15) is 10.2 Å². The van der Waals surface area contributed by atoms with E-state index in [9.17, 15) is 23.5 Å². The molecule has 13 heteroatoms. The van der Waals surface area contributed by atoms with Crippen LogP contribution in [-0.2, 0) is 9.53 Å². The number of aliphatic carboxylic acids is 1. The number of halogens is 2. The summed E-state index contributed by atoms with van der Waals surface area (Å²) in [6, 6.07) is 1.57. The summed E-state index contributed by atoms with van der Waals surface area (Å²) in [5.41, 5.74) is -1.00. The van der Waals surface area contributed by atoms with Crippen LogP contribution < -0.4 is 10.2 Å². The molecular formula is C23H27F2N7O4. The normalized spacial score (nSPS) is 22.8. The molecule has 0 bridgehead atoms. The summed E-state index contributed by atoms with van der Waals surface area (Å²) in [6.07, 6.45) is 3.35. The van der Waals surface area contributed by atoms with E-state index < -0.39 is 29.4 Å². The van der Waals surface area contributed by atoms with E-state index >= 15 is 0 Å². The van der Waals surface area contributed by atoms with Crippen molar-refractivity contribution in [1.82, 2.24) is 24.4 Å². The van der Waals surface area contributed by atoms with Gasteiger partial charge in [0.15, 0.2) is 11.3 Å². The van der Waals surface area contributed by atoms with Gasteiger partial charge < -0.3 is 20.1 Å². The van der Waals surface area contributed by atoms with Crippen LogP contribution in [0.25, 0.3) is 5.65 Å². The van der Waals surface area contributed by atoms with E-state index in [0.29, 0.717) is 63.5 Å². The zero-order valence-corrected chi connectivity index (χ0v) is 19.7. The molecule has 5 rings (SSSR count). The molecule has 36 heavy (non-hydrogen) atoms. The van der Waals surface area contributed by atoms with Crippen LogP contribution in [0.4, 0.5) is 20.3 Å². The molecule has 0 unspecified atom stereocenters. The minimum Gasteiger partial charge on any atom is -0.481 e. The highest BCUT2D eigenvalue weighted by Crippen LogP contribution is 2.41. The Morgan fingerprint density at radius 3 is 2.64 bits per heavy atom. The van der Waals surface area contributed by atoms with Gasteiger partial charge in [-0.15, -0.1) is 0 Å². The summed E-state index contributed by atoms with van der Waals surface area (Å²) in [4.78, 5) is 31.2. The highest BCUT2D eigenvalue weighted by Gasteiger charge is 2.38. The zero-order chi connectivity index (χ0) is 25.4. The number of nitrogens with one attached hydrogen (secondary N) is 1. The van der Waals surface area contributed by atoms with Crippen molar-refractivity contribution >= 4 is 29.0 Å². The van der Waals surface area contributed by atoms with Crippen molar-refractivity contribution in [2.75, 3.05) is 36.5 Å². The lowest BCUT2D eigenvalue weighted by Crippen LogP contribution is -2.36. The number of carboxylic acids is 1. The smallest absolute Gasteiger partial charge is 0.309 e. The fourth-order valence-corrected chi connectivity index (χ4v) is 4.75. The summed E-state index contributed by atoms with van der Waals surface area (Å²) in [5, 5.41) is 20.2. The van der Waals surface area contributed by atoms with Gasteiger partial charge in [-0.25, -0.2) is 18.3 Å². The minimum atomic E-state index is -2.90. The Kier molecular flexibility index (Phi) is 6.33. The van der Waals surface area contributed by atoms with Gasteiger partial charge in [-0.1, -0.05) is 0 Å². The molecule has 3 aromatic heterocycles. The molecule has 1 saturated carbocycles. The number of hydrogen-bond donors (Lipinski definition) is 2. The third-order valence-electron chi connectivity index (χ3n) is 7.10. The summed E-state index contributed by atoms with van der Waals surface area (Å²) in [5.74, 6) is -0.811. The van der Waals surface area contributed by atoms with Gasteiger partial charge in [0.25, 0.3) is 12.3 Å². The molecule has 2 fully saturated rings. The average molecular weight is 504 g/mol. The van der Waals surface area contributed by atoms with E-state index in [0.717, 1.165) is 0 Å². The number of carbonyl (C=O) groups excluding carboxylic acids is 1. The van der Waals surface area contributed by atoms with E-state index in [2.05, 4.69) is 20.5 Å². The zero-order valence-electron chi connectivity index (χ0n) is 19.7. The monoisotopic (exact) mass is 503 g/mol. The predicted molar refractivity (Wildman–Crippen MR) is 124 cm³/mol. The topological polar surface area (TPSA) is 127 Å². The Morgan fingerprint density at radius 2 is 1.97 bits per heavy atom. The van der Waals surface area contributed by atoms with Crippen molar-refractivity contribution < 1.29 is 28.2 Å². The molecule has 0 atom stereocenters. The first kappa shape index (κ1) is 24.1. The van der Waals surface area contributed by atoms with Crippen LogP contribution in [0.2, 0.25) is 0 Å². The van der Waals surface area contributed by atoms with Crippen LogP contribution in [0.15, 0.2) is 24.7 Å². The van der Waals surface area contributed by atoms with Gasteiger partial charge in [0.2, 0.25) is 0 Å². The average Bonchev–Trinajstić information content (AvgIpc) is 3.49. The number of anilines is 2. The summed E-state index contributed by atoms with van der Waals surface area (Å²) >= 11 is 0. The van der Waals surface area contributed by atoms with Crippen molar-refractivity contribution in [1.29, 1.82) is 0 Å².